The van der Waals surface area contributed by atoms with Gasteiger partial charge in [0.1, 0.15) is 12.6 Å². The minimum absolute atomic E-state index is 0.0279. The summed E-state index contributed by atoms with van der Waals surface area (Å²) in [7, 11) is 0. The monoisotopic (exact) mass is 240 g/mol. The predicted octanol–water partition coefficient (Wildman–Crippen LogP) is -0.719. The maximum atomic E-state index is 11.5. The molecular weight excluding hydrogens is 224 g/mol. The molecule has 2 atom stereocenters. The van der Waals surface area contributed by atoms with Gasteiger partial charge in [0.2, 0.25) is 11.8 Å². The summed E-state index contributed by atoms with van der Waals surface area (Å²) in [6.45, 7) is 5.19. The maximum Gasteiger partial charge on any atom is 0.244 e. The van der Waals surface area contributed by atoms with Crippen molar-refractivity contribution >= 4 is 17.6 Å². The molecule has 0 aromatic rings. The number of hydrogen-bond donors (Lipinski definition) is 2. The van der Waals surface area contributed by atoms with Crippen LogP contribution in [0.3, 0.4) is 0 Å². The summed E-state index contributed by atoms with van der Waals surface area (Å²) in [5.41, 5.74) is 5.18. The fraction of sp³-hybridized carbons (Fsp3) is 0.545. The van der Waals surface area contributed by atoms with Crippen molar-refractivity contribution in [2.75, 3.05) is 6.61 Å². The van der Waals surface area contributed by atoms with E-state index in [1.807, 2.05) is 0 Å². The van der Waals surface area contributed by atoms with Crippen LogP contribution in [0.4, 0.5) is 0 Å². The first-order chi connectivity index (χ1) is 7.91. The van der Waals surface area contributed by atoms with E-state index in [4.69, 9.17) is 10.5 Å². The number of hydrogen-bond acceptors (Lipinski definition) is 4. The van der Waals surface area contributed by atoms with Gasteiger partial charge in [0.15, 0.2) is 5.78 Å². The van der Waals surface area contributed by atoms with E-state index in [2.05, 4.69) is 11.9 Å². The van der Waals surface area contributed by atoms with Crippen molar-refractivity contribution in [1.82, 2.24) is 5.32 Å². The number of amides is 2. The van der Waals surface area contributed by atoms with Crippen molar-refractivity contribution in [3.05, 3.63) is 12.2 Å². The molecule has 0 aliphatic carbocycles. The van der Waals surface area contributed by atoms with Crippen LogP contribution in [0, 0.1) is 0 Å². The van der Waals surface area contributed by atoms with Crippen LogP contribution in [-0.4, -0.2) is 36.4 Å². The molecule has 94 valence electrons. The number of ether oxygens (including phenoxy) is 1. The first-order valence-corrected chi connectivity index (χ1v) is 5.33. The van der Waals surface area contributed by atoms with E-state index in [0.717, 1.165) is 0 Å². The Morgan fingerprint density at radius 1 is 1.53 bits per heavy atom. The molecule has 0 radical (unpaired) electrons. The van der Waals surface area contributed by atoms with Gasteiger partial charge < -0.3 is 15.8 Å². The molecule has 0 saturated carbocycles. The normalized spacial score (nSPS) is 23.5. The molecule has 0 aromatic heterocycles. The van der Waals surface area contributed by atoms with E-state index in [1.165, 1.54) is 0 Å². The standard InChI is InChI=1S/C11H16N2O4/c1-6(11(12)16)3-4-9(15)13-10-7(2)17-5-8(10)14/h7,10H,1,3-5H2,2H3,(H2,12,16)(H,13,15)/t7-,10+/m1/s1. The Balaban J connectivity index is 2.37. The lowest BCUT2D eigenvalue weighted by molar-refractivity contribution is -0.126. The lowest BCUT2D eigenvalue weighted by Crippen LogP contribution is -2.43. The van der Waals surface area contributed by atoms with Gasteiger partial charge in [-0.1, -0.05) is 6.58 Å². The van der Waals surface area contributed by atoms with Gasteiger partial charge in [-0.05, 0) is 13.3 Å². The highest BCUT2D eigenvalue weighted by Crippen LogP contribution is 2.10. The zero-order valence-corrected chi connectivity index (χ0v) is 9.69. The summed E-state index contributed by atoms with van der Waals surface area (Å²) in [4.78, 5) is 33.5. The van der Waals surface area contributed by atoms with E-state index in [0.29, 0.717) is 0 Å². The van der Waals surface area contributed by atoms with Crippen LogP contribution in [0.2, 0.25) is 0 Å². The van der Waals surface area contributed by atoms with E-state index in [9.17, 15) is 14.4 Å². The Morgan fingerprint density at radius 2 is 2.18 bits per heavy atom. The Labute approximate surface area is 99.2 Å². The topological polar surface area (TPSA) is 98.5 Å². The third-order valence-corrected chi connectivity index (χ3v) is 2.62. The summed E-state index contributed by atoms with van der Waals surface area (Å²) >= 11 is 0. The molecule has 6 nitrogen and oxygen atoms in total. The molecule has 2 amide bonds. The zero-order chi connectivity index (χ0) is 13.0. The average Bonchev–Trinajstić information content (AvgIpc) is 2.57. The third-order valence-electron chi connectivity index (χ3n) is 2.62. The second-order valence-electron chi connectivity index (χ2n) is 4.00. The van der Waals surface area contributed by atoms with Crippen LogP contribution >= 0.6 is 0 Å². The molecule has 1 heterocycles. The number of nitrogens with two attached hydrogens (primary N) is 1. The second-order valence-corrected chi connectivity index (χ2v) is 4.00. The number of carbonyl (C=O) groups is 3. The van der Waals surface area contributed by atoms with E-state index >= 15 is 0 Å². The maximum absolute atomic E-state index is 11.5. The summed E-state index contributed by atoms with van der Waals surface area (Å²) in [5, 5.41) is 2.57. The molecule has 17 heavy (non-hydrogen) atoms. The molecule has 1 aliphatic heterocycles. The van der Waals surface area contributed by atoms with Crippen molar-refractivity contribution < 1.29 is 19.1 Å². The van der Waals surface area contributed by atoms with Crippen molar-refractivity contribution in [2.45, 2.75) is 31.9 Å². The quantitative estimate of drug-likeness (QED) is 0.619. The molecule has 1 saturated heterocycles. The van der Waals surface area contributed by atoms with Crippen LogP contribution in [-0.2, 0) is 19.1 Å². The van der Waals surface area contributed by atoms with E-state index in [-0.39, 0.29) is 42.8 Å². The highest BCUT2D eigenvalue weighted by atomic mass is 16.5. The second kappa shape index (κ2) is 5.58. The molecule has 0 unspecified atom stereocenters. The van der Waals surface area contributed by atoms with Crippen molar-refractivity contribution in [3.63, 3.8) is 0 Å². The largest absolute Gasteiger partial charge is 0.368 e. The molecule has 6 heteroatoms. The lowest BCUT2D eigenvalue weighted by atomic mass is 10.1. The number of carbonyl (C=O) groups excluding carboxylic acids is 3. The first kappa shape index (κ1) is 13.4. The van der Waals surface area contributed by atoms with Crippen molar-refractivity contribution in [2.24, 2.45) is 5.73 Å². The van der Waals surface area contributed by atoms with Crippen LogP contribution < -0.4 is 11.1 Å². The number of primary amides is 1. The van der Waals surface area contributed by atoms with Gasteiger partial charge in [-0.3, -0.25) is 14.4 Å². The minimum Gasteiger partial charge on any atom is -0.368 e. The van der Waals surface area contributed by atoms with Gasteiger partial charge in [0, 0.05) is 12.0 Å². The fourth-order valence-corrected chi connectivity index (χ4v) is 1.49. The molecule has 1 aliphatic rings. The average molecular weight is 240 g/mol. The van der Waals surface area contributed by atoms with Gasteiger partial charge >= 0.3 is 0 Å². The van der Waals surface area contributed by atoms with Crippen LogP contribution in [0.15, 0.2) is 12.2 Å². The summed E-state index contributed by atoms with van der Waals surface area (Å²) < 4.78 is 5.09. The van der Waals surface area contributed by atoms with E-state index < -0.39 is 11.9 Å². The summed E-state index contributed by atoms with van der Waals surface area (Å²) in [6, 6.07) is -0.593. The van der Waals surface area contributed by atoms with Crippen LogP contribution in [0.5, 0.6) is 0 Å². The Hall–Kier alpha value is -1.69. The number of nitrogens with one attached hydrogen (secondary N) is 1. The summed E-state index contributed by atoms with van der Waals surface area (Å²) in [5.74, 6) is -1.07. The van der Waals surface area contributed by atoms with Gasteiger partial charge in [-0.25, -0.2) is 0 Å². The number of ketones is 1. The Morgan fingerprint density at radius 3 is 2.65 bits per heavy atom. The third kappa shape index (κ3) is 3.67. The highest BCUT2D eigenvalue weighted by molar-refractivity contribution is 5.93. The molecule has 0 aromatic carbocycles. The van der Waals surface area contributed by atoms with Gasteiger partial charge in [-0.15, -0.1) is 0 Å². The lowest BCUT2D eigenvalue weighted by Gasteiger charge is -2.14. The van der Waals surface area contributed by atoms with E-state index in [1.54, 1.807) is 6.92 Å². The van der Waals surface area contributed by atoms with Crippen LogP contribution in [0.1, 0.15) is 19.8 Å². The minimum atomic E-state index is -0.619. The fourth-order valence-electron chi connectivity index (χ4n) is 1.49. The molecule has 0 spiro atoms. The Bertz CT molecular complexity index is 364. The molecule has 0 bridgehead atoms. The predicted molar refractivity (Wildman–Crippen MR) is 59.9 cm³/mol. The molecular formula is C11H16N2O4. The Kier molecular flexibility index (Phi) is 4.39. The smallest absolute Gasteiger partial charge is 0.244 e. The number of rotatable bonds is 5. The highest BCUT2D eigenvalue weighted by Gasteiger charge is 2.33. The molecule has 1 fully saturated rings. The van der Waals surface area contributed by atoms with Crippen molar-refractivity contribution in [3.8, 4) is 0 Å². The first-order valence-electron chi connectivity index (χ1n) is 5.33. The number of Topliss-reactive ketones (excluding diaryl/α,β-unsaturated/α-hetero) is 1. The van der Waals surface area contributed by atoms with Crippen molar-refractivity contribution in [1.29, 1.82) is 0 Å². The van der Waals surface area contributed by atoms with Gasteiger partial charge in [-0.2, -0.15) is 0 Å². The molecule has 1 rings (SSSR count). The van der Waals surface area contributed by atoms with Gasteiger partial charge in [0.05, 0.1) is 6.10 Å². The van der Waals surface area contributed by atoms with Gasteiger partial charge in [0.25, 0.3) is 0 Å². The summed E-state index contributed by atoms with van der Waals surface area (Å²) in [6.07, 6.45) is -0.0407. The molecule has 3 N–H and O–H groups in total. The SMILES string of the molecule is C=C(CCC(=O)N[C@@H]1C(=O)CO[C@@H]1C)C(N)=O. The zero-order valence-electron chi connectivity index (χ0n) is 9.69. The van der Waals surface area contributed by atoms with Crippen LogP contribution in [0.25, 0.3) is 0 Å².